The van der Waals surface area contributed by atoms with Crippen molar-refractivity contribution in [2.45, 2.75) is 18.9 Å². The third-order valence-electron chi connectivity index (χ3n) is 5.01. The largest absolute Gasteiger partial charge is 0.444 e. The average molecular weight is 550 g/mol. The number of fused-ring (bicyclic) bond motifs is 1. The van der Waals surface area contributed by atoms with Crippen LogP contribution < -0.4 is 10.6 Å². The number of pyridine rings is 1. The molecule has 0 spiro atoms. The van der Waals surface area contributed by atoms with Crippen molar-refractivity contribution in [1.82, 2.24) is 15.2 Å². The highest BCUT2D eigenvalue weighted by Crippen LogP contribution is 2.21. The predicted octanol–water partition coefficient (Wildman–Crippen LogP) is 3.71. The molecule has 8 nitrogen and oxygen atoms in total. The van der Waals surface area contributed by atoms with Crippen LogP contribution in [0.5, 0.6) is 0 Å². The Labute approximate surface area is 194 Å². The standard InChI is InChI=1S/C21H18Br2N4O4/c22-13-1-2-16-12(9-13)10-15(11-24-16)26-20(29)21(30)27-7-5-14(6-8-27)25-19(28)17-3-4-18(23)31-17/h1-4,9-11,14H,5-8H2,(H,25,28)(H,26,29). The molecule has 0 unspecified atom stereocenters. The lowest BCUT2D eigenvalue weighted by atomic mass is 10.0. The number of amides is 3. The SMILES string of the molecule is O=C(Nc1cnc2ccc(Br)cc2c1)C(=O)N1CCC(NC(=O)c2ccc(Br)o2)CC1. The van der Waals surface area contributed by atoms with Gasteiger partial charge in [0.25, 0.3) is 5.91 Å². The van der Waals surface area contributed by atoms with E-state index in [1.807, 2.05) is 18.2 Å². The molecule has 1 aliphatic heterocycles. The van der Waals surface area contributed by atoms with Crippen molar-refractivity contribution < 1.29 is 18.8 Å². The molecule has 0 radical (unpaired) electrons. The fraction of sp³-hybridized carbons (Fsp3) is 0.238. The monoisotopic (exact) mass is 548 g/mol. The van der Waals surface area contributed by atoms with Crippen LogP contribution in [0.4, 0.5) is 5.69 Å². The average Bonchev–Trinajstić information content (AvgIpc) is 3.20. The van der Waals surface area contributed by atoms with Gasteiger partial charge in [-0.15, -0.1) is 0 Å². The summed E-state index contributed by atoms with van der Waals surface area (Å²) < 4.78 is 6.63. The second-order valence-electron chi connectivity index (χ2n) is 7.16. The number of carbonyl (C=O) groups excluding carboxylic acids is 3. The van der Waals surface area contributed by atoms with E-state index in [4.69, 9.17) is 4.42 Å². The molecule has 0 bridgehead atoms. The van der Waals surface area contributed by atoms with E-state index < -0.39 is 11.8 Å². The molecule has 3 heterocycles. The van der Waals surface area contributed by atoms with Gasteiger partial charge >= 0.3 is 11.8 Å². The summed E-state index contributed by atoms with van der Waals surface area (Å²) in [6.07, 6.45) is 2.63. The first-order valence-electron chi connectivity index (χ1n) is 9.61. The van der Waals surface area contributed by atoms with Gasteiger partial charge in [0.15, 0.2) is 10.4 Å². The van der Waals surface area contributed by atoms with Gasteiger partial charge in [-0.3, -0.25) is 19.4 Å². The number of anilines is 1. The second kappa shape index (κ2) is 9.19. The number of likely N-dealkylation sites (tertiary alicyclic amines) is 1. The first kappa shape index (κ1) is 21.5. The Kier molecular flexibility index (Phi) is 6.38. The summed E-state index contributed by atoms with van der Waals surface area (Å²) >= 11 is 6.57. The number of piperidine rings is 1. The zero-order chi connectivity index (χ0) is 22.0. The summed E-state index contributed by atoms with van der Waals surface area (Å²) in [7, 11) is 0. The summed E-state index contributed by atoms with van der Waals surface area (Å²) in [4.78, 5) is 43.0. The molecule has 31 heavy (non-hydrogen) atoms. The van der Waals surface area contributed by atoms with Crippen molar-refractivity contribution in [2.75, 3.05) is 18.4 Å². The third kappa shape index (κ3) is 5.13. The van der Waals surface area contributed by atoms with Crippen LogP contribution in [0.15, 0.2) is 56.2 Å². The van der Waals surface area contributed by atoms with Crippen LogP contribution in [0.1, 0.15) is 23.4 Å². The van der Waals surface area contributed by atoms with Gasteiger partial charge in [0.2, 0.25) is 0 Å². The molecule has 3 aromatic rings. The lowest BCUT2D eigenvalue weighted by Gasteiger charge is -2.31. The number of carbonyl (C=O) groups is 3. The molecule has 1 fully saturated rings. The number of rotatable bonds is 3. The minimum Gasteiger partial charge on any atom is -0.444 e. The van der Waals surface area contributed by atoms with Crippen LogP contribution in [0.3, 0.4) is 0 Å². The first-order valence-corrected chi connectivity index (χ1v) is 11.2. The lowest BCUT2D eigenvalue weighted by Crippen LogP contribution is -2.49. The van der Waals surface area contributed by atoms with Gasteiger partial charge in [-0.25, -0.2) is 0 Å². The molecular formula is C21H18Br2N4O4. The summed E-state index contributed by atoms with van der Waals surface area (Å²) in [5.74, 6) is -1.39. The van der Waals surface area contributed by atoms with E-state index in [0.717, 1.165) is 15.4 Å². The second-order valence-corrected chi connectivity index (χ2v) is 8.86. The van der Waals surface area contributed by atoms with Gasteiger partial charge in [-0.1, -0.05) is 15.9 Å². The molecule has 10 heteroatoms. The number of nitrogens with one attached hydrogen (secondary N) is 2. The Bertz CT molecular complexity index is 1160. The molecule has 2 aromatic heterocycles. The van der Waals surface area contributed by atoms with E-state index in [1.165, 1.54) is 11.1 Å². The van der Waals surface area contributed by atoms with Crippen LogP contribution in [0, 0.1) is 0 Å². The van der Waals surface area contributed by atoms with E-state index in [1.54, 1.807) is 18.2 Å². The van der Waals surface area contributed by atoms with Crippen molar-refractivity contribution in [3.63, 3.8) is 0 Å². The van der Waals surface area contributed by atoms with Gasteiger partial charge in [-0.2, -0.15) is 0 Å². The summed E-state index contributed by atoms with van der Waals surface area (Å²) in [6.45, 7) is 0.754. The number of furan rings is 1. The van der Waals surface area contributed by atoms with E-state index in [2.05, 4.69) is 47.5 Å². The Balaban J connectivity index is 1.31. The van der Waals surface area contributed by atoms with Crippen molar-refractivity contribution in [1.29, 1.82) is 0 Å². The van der Waals surface area contributed by atoms with E-state index in [9.17, 15) is 14.4 Å². The molecule has 1 saturated heterocycles. The first-order chi connectivity index (χ1) is 14.9. The molecule has 0 saturated carbocycles. The molecule has 1 aromatic carbocycles. The Morgan fingerprint density at radius 3 is 2.55 bits per heavy atom. The van der Waals surface area contributed by atoms with Crippen molar-refractivity contribution in [3.8, 4) is 0 Å². The number of hydrogen-bond acceptors (Lipinski definition) is 5. The van der Waals surface area contributed by atoms with Crippen LogP contribution in [-0.4, -0.2) is 46.7 Å². The van der Waals surface area contributed by atoms with E-state index in [0.29, 0.717) is 36.3 Å². The minimum absolute atomic E-state index is 0.0911. The molecule has 0 atom stereocenters. The quantitative estimate of drug-likeness (QED) is 0.485. The third-order valence-corrected chi connectivity index (χ3v) is 5.93. The molecule has 4 rings (SSSR count). The molecule has 160 valence electrons. The molecule has 0 aliphatic carbocycles. The topological polar surface area (TPSA) is 105 Å². The van der Waals surface area contributed by atoms with Gasteiger partial charge in [0, 0.05) is 29.0 Å². The van der Waals surface area contributed by atoms with E-state index in [-0.39, 0.29) is 17.7 Å². The van der Waals surface area contributed by atoms with Crippen molar-refractivity contribution >= 4 is 66.2 Å². The summed E-state index contributed by atoms with van der Waals surface area (Å²) in [6, 6.07) is 10.6. The number of benzene rings is 1. The maximum Gasteiger partial charge on any atom is 0.313 e. The smallest absolute Gasteiger partial charge is 0.313 e. The molecular weight excluding hydrogens is 532 g/mol. The maximum absolute atomic E-state index is 12.6. The summed E-state index contributed by atoms with van der Waals surface area (Å²) in [5, 5.41) is 6.36. The molecule has 1 aliphatic rings. The van der Waals surface area contributed by atoms with Crippen LogP contribution in [-0.2, 0) is 9.59 Å². The number of nitrogens with zero attached hydrogens (tertiary/aromatic N) is 2. The fourth-order valence-corrected chi connectivity index (χ4v) is 4.10. The number of halogens is 2. The Hall–Kier alpha value is -2.72. The molecule has 3 amide bonds. The zero-order valence-electron chi connectivity index (χ0n) is 16.2. The number of aromatic nitrogens is 1. The van der Waals surface area contributed by atoms with Gasteiger partial charge in [0.1, 0.15) is 0 Å². The normalized spacial score (nSPS) is 14.5. The highest BCUT2D eigenvalue weighted by atomic mass is 79.9. The van der Waals surface area contributed by atoms with Crippen LogP contribution >= 0.6 is 31.9 Å². The van der Waals surface area contributed by atoms with E-state index >= 15 is 0 Å². The lowest BCUT2D eigenvalue weighted by molar-refractivity contribution is -0.143. The highest BCUT2D eigenvalue weighted by Gasteiger charge is 2.28. The minimum atomic E-state index is -0.709. The van der Waals surface area contributed by atoms with Crippen LogP contribution in [0.25, 0.3) is 10.9 Å². The highest BCUT2D eigenvalue weighted by molar-refractivity contribution is 9.10. The van der Waals surface area contributed by atoms with Gasteiger partial charge in [-0.05, 0) is 65.2 Å². The fourth-order valence-electron chi connectivity index (χ4n) is 3.42. The molecule has 2 N–H and O–H groups in total. The summed E-state index contributed by atoms with van der Waals surface area (Å²) in [5.41, 5.74) is 1.24. The Morgan fingerprint density at radius 1 is 1.06 bits per heavy atom. The van der Waals surface area contributed by atoms with Crippen molar-refractivity contribution in [3.05, 3.63) is 57.5 Å². The van der Waals surface area contributed by atoms with Crippen LogP contribution in [0.2, 0.25) is 0 Å². The van der Waals surface area contributed by atoms with Crippen molar-refractivity contribution in [2.24, 2.45) is 0 Å². The van der Waals surface area contributed by atoms with Gasteiger partial charge in [0.05, 0.1) is 17.4 Å². The van der Waals surface area contributed by atoms with Gasteiger partial charge < -0.3 is 20.0 Å². The zero-order valence-corrected chi connectivity index (χ0v) is 19.4. The maximum atomic E-state index is 12.6. The Morgan fingerprint density at radius 2 is 1.84 bits per heavy atom. The number of hydrogen-bond donors (Lipinski definition) is 2. The predicted molar refractivity (Wildman–Crippen MR) is 122 cm³/mol.